The first-order valence-electron chi connectivity index (χ1n) is 9.61. The first kappa shape index (κ1) is 17.8. The van der Waals surface area contributed by atoms with E-state index in [4.69, 9.17) is 9.15 Å². The lowest BCUT2D eigenvalue weighted by atomic mass is 10.0. The maximum atomic E-state index is 12.1. The Bertz CT molecular complexity index is 1010. The molecule has 2 heterocycles. The zero-order valence-corrected chi connectivity index (χ0v) is 15.9. The topological polar surface area (TPSA) is 42.7 Å². The molecular weight excluding hydrogens is 338 g/mol. The highest BCUT2D eigenvalue weighted by molar-refractivity contribution is 5.80. The van der Waals surface area contributed by atoms with E-state index in [9.17, 15) is 4.79 Å². The second-order valence-electron chi connectivity index (χ2n) is 7.18. The molecule has 27 heavy (non-hydrogen) atoms. The van der Waals surface area contributed by atoms with E-state index < -0.39 is 0 Å². The summed E-state index contributed by atoms with van der Waals surface area (Å²) >= 11 is 0. The number of ether oxygens (including phenoxy) is 1. The van der Waals surface area contributed by atoms with Crippen molar-refractivity contribution in [2.75, 3.05) is 13.7 Å². The Hall–Kier alpha value is -2.59. The number of rotatable bonds is 5. The van der Waals surface area contributed by atoms with Gasteiger partial charge in [-0.15, -0.1) is 0 Å². The molecule has 0 radical (unpaired) electrons. The molecule has 1 saturated heterocycles. The zero-order chi connectivity index (χ0) is 18.8. The maximum absolute atomic E-state index is 12.1. The van der Waals surface area contributed by atoms with E-state index in [1.54, 1.807) is 13.2 Å². The van der Waals surface area contributed by atoms with Gasteiger partial charge in [-0.3, -0.25) is 4.90 Å². The van der Waals surface area contributed by atoms with Gasteiger partial charge in [0.25, 0.3) is 0 Å². The minimum Gasteiger partial charge on any atom is -0.497 e. The predicted molar refractivity (Wildman–Crippen MR) is 107 cm³/mol. The van der Waals surface area contributed by atoms with Crippen molar-refractivity contribution in [3.63, 3.8) is 0 Å². The molecule has 2 aromatic carbocycles. The number of fused-ring (bicyclic) bond motifs is 1. The molecule has 1 aliphatic rings. The van der Waals surface area contributed by atoms with Crippen molar-refractivity contribution in [2.45, 2.75) is 38.8 Å². The predicted octanol–water partition coefficient (Wildman–Crippen LogP) is 4.70. The van der Waals surface area contributed by atoms with Crippen LogP contribution in [-0.4, -0.2) is 18.6 Å². The summed E-state index contributed by atoms with van der Waals surface area (Å²) in [6.07, 6.45) is 3.20. The number of nitrogens with zero attached hydrogens (tertiary/aromatic N) is 1. The molecule has 3 aromatic rings. The van der Waals surface area contributed by atoms with Crippen LogP contribution < -0.4 is 10.4 Å². The average molecular weight is 363 g/mol. The molecule has 0 aliphatic carbocycles. The Labute approximate surface area is 159 Å². The summed E-state index contributed by atoms with van der Waals surface area (Å²) in [6.45, 7) is 3.87. The summed E-state index contributed by atoms with van der Waals surface area (Å²) in [5.41, 5.74) is 3.90. The number of likely N-dealkylation sites (tertiary alicyclic amines) is 1. The monoisotopic (exact) mass is 363 g/mol. The number of methoxy groups -OCH3 is 1. The van der Waals surface area contributed by atoms with Gasteiger partial charge < -0.3 is 9.15 Å². The van der Waals surface area contributed by atoms with Crippen LogP contribution in [0.25, 0.3) is 11.0 Å². The van der Waals surface area contributed by atoms with Crippen LogP contribution in [0.3, 0.4) is 0 Å². The standard InChI is InChI=1S/C23H25NO3/c1-3-16-9-10-20-18(14-23(25)27-22(20)12-16)15-24-11-5-8-21(24)17-6-4-7-19(13-17)26-2/h4,6-7,9-10,12-14,21H,3,5,8,11,15H2,1-2H3. The maximum Gasteiger partial charge on any atom is 0.336 e. The minimum absolute atomic E-state index is 0.275. The Morgan fingerprint density at radius 3 is 2.89 bits per heavy atom. The molecule has 4 nitrogen and oxygen atoms in total. The van der Waals surface area contributed by atoms with Crippen molar-refractivity contribution in [3.05, 3.63) is 75.6 Å². The average Bonchev–Trinajstić information content (AvgIpc) is 3.15. The number of benzene rings is 2. The SMILES string of the molecule is CCc1ccc2c(CN3CCCC3c3cccc(OC)c3)cc(=O)oc2c1. The van der Waals surface area contributed by atoms with Crippen molar-refractivity contribution in [3.8, 4) is 5.75 Å². The van der Waals surface area contributed by atoms with Crippen LogP contribution in [0.4, 0.5) is 0 Å². The molecule has 0 spiro atoms. The van der Waals surface area contributed by atoms with Crippen molar-refractivity contribution in [1.29, 1.82) is 0 Å². The van der Waals surface area contributed by atoms with Gasteiger partial charge in [0.1, 0.15) is 11.3 Å². The Balaban J connectivity index is 1.67. The molecular formula is C23H25NO3. The van der Waals surface area contributed by atoms with E-state index in [-0.39, 0.29) is 5.63 Å². The van der Waals surface area contributed by atoms with Crippen LogP contribution in [0, 0.1) is 0 Å². The summed E-state index contributed by atoms with van der Waals surface area (Å²) in [6, 6.07) is 16.5. The molecule has 1 atom stereocenters. The van der Waals surface area contributed by atoms with Crippen molar-refractivity contribution in [2.24, 2.45) is 0 Å². The van der Waals surface area contributed by atoms with Crippen molar-refractivity contribution < 1.29 is 9.15 Å². The van der Waals surface area contributed by atoms with Crippen LogP contribution in [-0.2, 0) is 13.0 Å². The lowest BCUT2D eigenvalue weighted by Crippen LogP contribution is -2.23. The summed E-state index contributed by atoms with van der Waals surface area (Å²) in [7, 11) is 1.70. The molecule has 0 amide bonds. The molecule has 4 heteroatoms. The molecule has 140 valence electrons. The molecule has 0 saturated carbocycles. The largest absolute Gasteiger partial charge is 0.497 e. The molecule has 4 rings (SSSR count). The quantitative estimate of drug-likeness (QED) is 0.616. The fourth-order valence-corrected chi connectivity index (χ4v) is 4.09. The fourth-order valence-electron chi connectivity index (χ4n) is 4.09. The normalized spacial score (nSPS) is 17.5. The molecule has 1 fully saturated rings. The Morgan fingerprint density at radius 1 is 1.19 bits per heavy atom. The first-order valence-corrected chi connectivity index (χ1v) is 9.61. The smallest absolute Gasteiger partial charge is 0.336 e. The summed E-state index contributed by atoms with van der Waals surface area (Å²) in [5, 5.41) is 1.03. The lowest BCUT2D eigenvalue weighted by Gasteiger charge is -2.25. The van der Waals surface area contributed by atoms with Crippen LogP contribution in [0.2, 0.25) is 0 Å². The van der Waals surface area contributed by atoms with Gasteiger partial charge in [-0.25, -0.2) is 4.79 Å². The van der Waals surface area contributed by atoms with E-state index in [2.05, 4.69) is 36.1 Å². The summed E-state index contributed by atoms with van der Waals surface area (Å²) < 4.78 is 10.9. The van der Waals surface area contributed by atoms with Crippen LogP contribution in [0.15, 0.2) is 57.7 Å². The number of aryl methyl sites for hydroxylation is 1. The van der Waals surface area contributed by atoms with Gasteiger partial charge in [-0.05, 0) is 60.7 Å². The first-order chi connectivity index (χ1) is 13.2. The molecule has 0 N–H and O–H groups in total. The third kappa shape index (κ3) is 3.62. The number of hydrogen-bond acceptors (Lipinski definition) is 4. The molecule has 0 bridgehead atoms. The second-order valence-corrected chi connectivity index (χ2v) is 7.18. The van der Waals surface area contributed by atoms with Crippen LogP contribution in [0.5, 0.6) is 5.75 Å². The second kappa shape index (κ2) is 7.57. The molecule has 1 aromatic heterocycles. The van der Waals surface area contributed by atoms with Gasteiger partial charge in [0.2, 0.25) is 0 Å². The third-order valence-electron chi connectivity index (χ3n) is 5.52. The van der Waals surface area contributed by atoms with Gasteiger partial charge in [0, 0.05) is 24.0 Å². The highest BCUT2D eigenvalue weighted by atomic mass is 16.5. The summed E-state index contributed by atoms with van der Waals surface area (Å²) in [4.78, 5) is 14.6. The van der Waals surface area contributed by atoms with Crippen LogP contribution >= 0.6 is 0 Å². The lowest BCUT2D eigenvalue weighted by molar-refractivity contribution is 0.248. The van der Waals surface area contributed by atoms with Gasteiger partial charge in [0.15, 0.2) is 0 Å². The minimum atomic E-state index is -0.275. The highest BCUT2D eigenvalue weighted by Gasteiger charge is 2.27. The van der Waals surface area contributed by atoms with Crippen molar-refractivity contribution >= 4 is 11.0 Å². The van der Waals surface area contributed by atoms with Gasteiger partial charge in [-0.1, -0.05) is 31.2 Å². The van der Waals surface area contributed by atoms with E-state index in [0.29, 0.717) is 11.6 Å². The molecule has 1 aliphatic heterocycles. The van der Waals surface area contributed by atoms with E-state index in [1.165, 1.54) is 11.1 Å². The summed E-state index contributed by atoms with van der Waals surface area (Å²) in [5.74, 6) is 0.886. The fraction of sp³-hybridized carbons (Fsp3) is 0.348. The van der Waals surface area contributed by atoms with E-state index in [0.717, 1.165) is 49.1 Å². The highest BCUT2D eigenvalue weighted by Crippen LogP contribution is 2.35. The zero-order valence-electron chi connectivity index (χ0n) is 15.9. The van der Waals surface area contributed by atoms with Crippen LogP contribution in [0.1, 0.15) is 42.5 Å². The third-order valence-corrected chi connectivity index (χ3v) is 5.52. The molecule has 1 unspecified atom stereocenters. The van der Waals surface area contributed by atoms with E-state index in [1.807, 2.05) is 18.2 Å². The van der Waals surface area contributed by atoms with Gasteiger partial charge in [-0.2, -0.15) is 0 Å². The van der Waals surface area contributed by atoms with Gasteiger partial charge in [0.05, 0.1) is 7.11 Å². The number of hydrogen-bond donors (Lipinski definition) is 0. The van der Waals surface area contributed by atoms with Gasteiger partial charge >= 0.3 is 5.63 Å². The Kier molecular flexibility index (Phi) is 4.99. The van der Waals surface area contributed by atoms with Crippen molar-refractivity contribution in [1.82, 2.24) is 4.90 Å². The Morgan fingerprint density at radius 2 is 2.07 bits per heavy atom. The van der Waals surface area contributed by atoms with E-state index >= 15 is 0 Å².